The molecule has 0 aliphatic carbocycles. The van der Waals surface area contributed by atoms with E-state index >= 15 is 0 Å². The van der Waals surface area contributed by atoms with Crippen molar-refractivity contribution in [1.29, 1.82) is 0 Å². The van der Waals surface area contributed by atoms with E-state index in [2.05, 4.69) is 13.8 Å². The van der Waals surface area contributed by atoms with Gasteiger partial charge in [-0.25, -0.2) is 0 Å². The molecule has 102 valence electrons. The highest BCUT2D eigenvalue weighted by Crippen LogP contribution is 2.31. The van der Waals surface area contributed by atoms with Gasteiger partial charge in [-0.2, -0.15) is 0 Å². The Morgan fingerprint density at radius 3 is 2.41 bits per heavy atom. The van der Waals surface area contributed by atoms with Gasteiger partial charge in [-0.15, -0.1) is 11.6 Å². The predicted molar refractivity (Wildman–Crippen MR) is 79.2 cm³/mol. The maximum absolute atomic E-state index is 6.38. The molecule has 3 heteroatoms. The van der Waals surface area contributed by atoms with E-state index in [9.17, 15) is 0 Å². The Kier molecular flexibility index (Phi) is 7.81. The number of hydrogen-bond acceptors (Lipinski definition) is 1. The minimum absolute atomic E-state index is 0.768. The molecule has 17 heavy (non-hydrogen) atoms. The van der Waals surface area contributed by atoms with Gasteiger partial charge in [0.05, 0.1) is 0 Å². The second-order valence-corrected chi connectivity index (χ2v) is 10.3. The molecule has 0 aromatic rings. The highest BCUT2D eigenvalue weighted by Gasteiger charge is 2.36. The zero-order valence-electron chi connectivity index (χ0n) is 11.6. The Bertz CT molecular complexity index is 193. The molecule has 1 rings (SSSR count). The van der Waals surface area contributed by atoms with E-state index in [0.29, 0.717) is 0 Å². The lowest BCUT2D eigenvalue weighted by Crippen LogP contribution is -2.43. The molecule has 1 nitrogen and oxygen atoms in total. The monoisotopic (exact) mass is 276 g/mol. The van der Waals surface area contributed by atoms with Crippen molar-refractivity contribution >= 4 is 19.9 Å². The predicted octanol–water partition coefficient (Wildman–Crippen LogP) is 5.13. The van der Waals surface area contributed by atoms with Crippen LogP contribution < -0.4 is 0 Å². The van der Waals surface area contributed by atoms with Crippen LogP contribution in [0, 0.1) is 5.92 Å². The summed E-state index contributed by atoms with van der Waals surface area (Å²) in [6.45, 7) is 5.54. The van der Waals surface area contributed by atoms with Crippen molar-refractivity contribution in [3.63, 3.8) is 0 Å². The van der Waals surface area contributed by atoms with Crippen LogP contribution in [0.25, 0.3) is 0 Å². The van der Waals surface area contributed by atoms with E-state index in [0.717, 1.165) is 18.0 Å². The molecule has 0 saturated carbocycles. The fraction of sp³-hybridized carbons (Fsp3) is 1.00. The van der Waals surface area contributed by atoms with Gasteiger partial charge in [-0.1, -0.05) is 52.4 Å². The Morgan fingerprint density at radius 2 is 1.88 bits per heavy atom. The first-order valence-electron chi connectivity index (χ1n) is 7.46. The molecule has 1 aliphatic rings. The third-order valence-electron chi connectivity index (χ3n) is 4.18. The molecule has 0 bridgehead atoms. The van der Waals surface area contributed by atoms with Gasteiger partial charge in [0.25, 0.3) is 0 Å². The lowest BCUT2D eigenvalue weighted by molar-refractivity contribution is 0.218. The maximum Gasteiger partial charge on any atom is 0.207 e. The average molecular weight is 277 g/mol. The molecule has 0 spiro atoms. The molecule has 0 N–H and O–H groups in total. The van der Waals surface area contributed by atoms with Crippen LogP contribution in [-0.2, 0) is 4.43 Å². The molecular weight excluding hydrogens is 248 g/mol. The van der Waals surface area contributed by atoms with Crippen molar-refractivity contribution in [3.8, 4) is 0 Å². The third-order valence-corrected chi connectivity index (χ3v) is 9.43. The van der Waals surface area contributed by atoms with Gasteiger partial charge in [0.15, 0.2) is 0 Å². The zero-order chi connectivity index (χ0) is 12.6. The molecular formula is C14H29ClOSi. The maximum atomic E-state index is 6.38. The van der Waals surface area contributed by atoms with Gasteiger partial charge in [-0.3, -0.25) is 0 Å². The molecule has 1 saturated heterocycles. The third kappa shape index (κ3) is 5.31. The Balaban J connectivity index is 2.34. The first kappa shape index (κ1) is 15.5. The molecule has 0 aromatic carbocycles. The summed E-state index contributed by atoms with van der Waals surface area (Å²) in [4.78, 5) is 0. The molecule has 0 amide bonds. The van der Waals surface area contributed by atoms with Crippen LogP contribution in [0.5, 0.6) is 0 Å². The normalized spacial score (nSPS) is 21.4. The Labute approximate surface area is 113 Å². The summed E-state index contributed by atoms with van der Waals surface area (Å²) in [6.07, 6.45) is 9.33. The lowest BCUT2D eigenvalue weighted by Gasteiger charge is -2.34. The standard InChI is InChI=1S/C14H29ClOSi/c1-3-5-9-14(4-2)12-16-17(13-15)10-7-6-8-11-17/h14H,3-13H2,1-2H3. The second kappa shape index (κ2) is 8.55. The molecule has 1 atom stereocenters. The van der Waals surface area contributed by atoms with Crippen LogP contribution in [0.15, 0.2) is 0 Å². The average Bonchev–Trinajstić information content (AvgIpc) is 2.40. The number of halogens is 1. The number of unbranched alkanes of at least 4 members (excludes halogenated alkanes) is 1. The van der Waals surface area contributed by atoms with E-state index in [1.165, 1.54) is 57.0 Å². The smallest absolute Gasteiger partial charge is 0.207 e. The fourth-order valence-corrected chi connectivity index (χ4v) is 7.00. The molecule has 1 fully saturated rings. The van der Waals surface area contributed by atoms with Gasteiger partial charge in [0.1, 0.15) is 0 Å². The van der Waals surface area contributed by atoms with Gasteiger partial charge in [0, 0.05) is 12.1 Å². The van der Waals surface area contributed by atoms with Gasteiger partial charge < -0.3 is 4.43 Å². The quantitative estimate of drug-likeness (QED) is 0.441. The topological polar surface area (TPSA) is 9.23 Å². The molecule has 1 unspecified atom stereocenters. The molecule has 0 aromatic heterocycles. The van der Waals surface area contributed by atoms with E-state index < -0.39 is 8.32 Å². The van der Waals surface area contributed by atoms with Crippen molar-refractivity contribution in [3.05, 3.63) is 0 Å². The highest BCUT2D eigenvalue weighted by molar-refractivity contribution is 6.80. The van der Waals surface area contributed by atoms with Crippen molar-refractivity contribution in [2.75, 3.05) is 12.1 Å². The first-order chi connectivity index (χ1) is 8.26. The second-order valence-electron chi connectivity index (χ2n) is 5.60. The van der Waals surface area contributed by atoms with Crippen molar-refractivity contribution in [1.82, 2.24) is 0 Å². The highest BCUT2D eigenvalue weighted by atomic mass is 35.5. The first-order valence-corrected chi connectivity index (χ1v) is 10.5. The van der Waals surface area contributed by atoms with E-state index in [1.807, 2.05) is 0 Å². The summed E-state index contributed by atoms with van der Waals surface area (Å²) in [7, 11) is -1.51. The number of alkyl halides is 1. The number of rotatable bonds is 8. The largest absolute Gasteiger partial charge is 0.415 e. The van der Waals surface area contributed by atoms with Crippen LogP contribution in [0.2, 0.25) is 12.1 Å². The summed E-state index contributed by atoms with van der Waals surface area (Å²) >= 11 is 6.20. The summed E-state index contributed by atoms with van der Waals surface area (Å²) in [6, 6.07) is 2.61. The van der Waals surface area contributed by atoms with Gasteiger partial charge in [-0.05, 0) is 24.4 Å². The van der Waals surface area contributed by atoms with Crippen molar-refractivity contribution < 1.29 is 4.43 Å². The summed E-state index contributed by atoms with van der Waals surface area (Å²) in [5.41, 5.74) is 0.817. The SMILES string of the molecule is CCCCC(CC)CO[Si]1(CCl)CCCCC1. The molecule has 1 aliphatic heterocycles. The zero-order valence-corrected chi connectivity index (χ0v) is 13.4. The van der Waals surface area contributed by atoms with Gasteiger partial charge >= 0.3 is 0 Å². The van der Waals surface area contributed by atoms with Crippen molar-refractivity contribution in [2.24, 2.45) is 5.92 Å². The van der Waals surface area contributed by atoms with Crippen LogP contribution in [0.3, 0.4) is 0 Å². The van der Waals surface area contributed by atoms with Crippen LogP contribution >= 0.6 is 11.6 Å². The van der Waals surface area contributed by atoms with Crippen molar-refractivity contribution in [2.45, 2.75) is 70.9 Å². The summed E-state index contributed by atoms with van der Waals surface area (Å²) in [5, 5.41) is 0. The Morgan fingerprint density at radius 1 is 1.18 bits per heavy atom. The van der Waals surface area contributed by atoms with Crippen LogP contribution in [0.1, 0.15) is 58.8 Å². The Hall–Kier alpha value is 0.467. The van der Waals surface area contributed by atoms with E-state index in [1.54, 1.807) is 0 Å². The molecule has 1 heterocycles. The molecule has 0 radical (unpaired) electrons. The minimum Gasteiger partial charge on any atom is -0.415 e. The van der Waals surface area contributed by atoms with Crippen LogP contribution in [0.4, 0.5) is 0 Å². The van der Waals surface area contributed by atoms with Gasteiger partial charge in [0.2, 0.25) is 8.32 Å². The van der Waals surface area contributed by atoms with Crippen LogP contribution in [-0.4, -0.2) is 20.4 Å². The number of hydrogen-bond donors (Lipinski definition) is 0. The summed E-state index contributed by atoms with van der Waals surface area (Å²) < 4.78 is 6.38. The lowest BCUT2D eigenvalue weighted by atomic mass is 10.0. The van der Waals surface area contributed by atoms with E-state index in [4.69, 9.17) is 16.0 Å². The van der Waals surface area contributed by atoms with E-state index in [-0.39, 0.29) is 0 Å². The minimum atomic E-state index is -1.51. The fourth-order valence-electron chi connectivity index (χ4n) is 2.71. The summed E-state index contributed by atoms with van der Waals surface area (Å²) in [5.74, 6) is 0.768.